The number of hydrogen-bond donors (Lipinski definition) is 1. The van der Waals surface area contributed by atoms with Crippen LogP contribution in [0.4, 0.5) is 0 Å². The Hall–Kier alpha value is -2.22. The Bertz CT molecular complexity index is 532. The van der Waals surface area contributed by atoms with Gasteiger partial charge in [-0.1, -0.05) is 0 Å². The van der Waals surface area contributed by atoms with Crippen LogP contribution in [0.2, 0.25) is 0 Å². The molecule has 1 aromatic carbocycles. The van der Waals surface area contributed by atoms with Gasteiger partial charge in [0.2, 0.25) is 6.79 Å². The molecule has 2 aliphatic rings. The van der Waals surface area contributed by atoms with Gasteiger partial charge in [-0.15, -0.1) is 0 Å². The zero-order chi connectivity index (χ0) is 12.5. The van der Waals surface area contributed by atoms with Crippen LogP contribution < -0.4 is 14.8 Å². The zero-order valence-corrected chi connectivity index (χ0v) is 9.68. The standard InChI is InChI=1S/C13H12N2O3/c14-6-10(8-1-2-8)15-13(16)9-3-4-11-12(5-9)18-7-17-11/h3-5,8,10H,1-2,7H2,(H,15,16). The number of fused-ring (bicyclic) bond motifs is 1. The van der Waals surface area contributed by atoms with E-state index in [1.807, 2.05) is 0 Å². The number of carbonyl (C=O) groups excluding carboxylic acids is 1. The summed E-state index contributed by atoms with van der Waals surface area (Å²) in [5.74, 6) is 1.29. The Morgan fingerprint density at radius 2 is 2.17 bits per heavy atom. The SMILES string of the molecule is N#CC(NC(=O)c1ccc2c(c1)OCO2)C1CC1. The Kier molecular flexibility index (Phi) is 2.56. The van der Waals surface area contributed by atoms with Crippen LogP contribution in [0, 0.1) is 17.2 Å². The minimum atomic E-state index is -0.386. The summed E-state index contributed by atoms with van der Waals surface area (Å²) in [7, 11) is 0. The van der Waals surface area contributed by atoms with E-state index in [0.717, 1.165) is 12.8 Å². The van der Waals surface area contributed by atoms with Crippen LogP contribution in [-0.4, -0.2) is 18.7 Å². The fraction of sp³-hybridized carbons (Fsp3) is 0.385. The minimum Gasteiger partial charge on any atom is -0.454 e. The molecule has 0 saturated heterocycles. The molecule has 0 radical (unpaired) electrons. The maximum atomic E-state index is 12.0. The molecule has 1 unspecified atom stereocenters. The summed E-state index contributed by atoms with van der Waals surface area (Å²) in [6, 6.07) is 6.76. The predicted octanol–water partition coefficient (Wildman–Crippen LogP) is 1.45. The second-order valence-electron chi connectivity index (χ2n) is 4.49. The van der Waals surface area contributed by atoms with Crippen molar-refractivity contribution in [3.8, 4) is 17.6 Å². The Morgan fingerprint density at radius 3 is 2.89 bits per heavy atom. The van der Waals surface area contributed by atoms with E-state index >= 15 is 0 Å². The van der Waals surface area contributed by atoms with Gasteiger partial charge in [0, 0.05) is 5.56 Å². The molecule has 5 heteroatoms. The summed E-state index contributed by atoms with van der Waals surface area (Å²) in [6.07, 6.45) is 2.03. The van der Waals surface area contributed by atoms with Crippen LogP contribution >= 0.6 is 0 Å². The van der Waals surface area contributed by atoms with Gasteiger partial charge >= 0.3 is 0 Å². The van der Waals surface area contributed by atoms with Crippen molar-refractivity contribution in [3.63, 3.8) is 0 Å². The first kappa shape index (κ1) is 10.9. The highest BCUT2D eigenvalue weighted by Crippen LogP contribution is 2.34. The topological polar surface area (TPSA) is 71.4 Å². The van der Waals surface area contributed by atoms with Crippen LogP contribution in [0.1, 0.15) is 23.2 Å². The summed E-state index contributed by atoms with van der Waals surface area (Å²) in [5.41, 5.74) is 0.486. The average molecular weight is 244 g/mol. The fourth-order valence-corrected chi connectivity index (χ4v) is 1.95. The number of carbonyl (C=O) groups is 1. The van der Waals surface area contributed by atoms with Crippen molar-refractivity contribution in [1.82, 2.24) is 5.32 Å². The molecule has 3 rings (SSSR count). The molecule has 1 N–H and O–H groups in total. The van der Waals surface area contributed by atoms with Crippen LogP contribution in [0.5, 0.6) is 11.5 Å². The zero-order valence-electron chi connectivity index (χ0n) is 9.68. The van der Waals surface area contributed by atoms with Gasteiger partial charge in [0.25, 0.3) is 5.91 Å². The van der Waals surface area contributed by atoms with Gasteiger partial charge in [0.05, 0.1) is 6.07 Å². The molecule has 5 nitrogen and oxygen atoms in total. The molecule has 18 heavy (non-hydrogen) atoms. The van der Waals surface area contributed by atoms with Gasteiger partial charge in [-0.25, -0.2) is 0 Å². The smallest absolute Gasteiger partial charge is 0.252 e. The second kappa shape index (κ2) is 4.22. The van der Waals surface area contributed by atoms with Gasteiger partial charge in [0.15, 0.2) is 11.5 Å². The molecular weight excluding hydrogens is 232 g/mol. The van der Waals surface area contributed by atoms with Gasteiger partial charge in [0.1, 0.15) is 6.04 Å². The molecule has 1 amide bonds. The van der Waals surface area contributed by atoms with Gasteiger partial charge in [-0.3, -0.25) is 4.79 Å². The van der Waals surface area contributed by atoms with Crippen LogP contribution in [0.3, 0.4) is 0 Å². The molecular formula is C13H12N2O3. The van der Waals surface area contributed by atoms with Gasteiger partial charge in [-0.05, 0) is 37.0 Å². The molecule has 92 valence electrons. The fourth-order valence-electron chi connectivity index (χ4n) is 1.95. The molecule has 0 bridgehead atoms. The largest absolute Gasteiger partial charge is 0.454 e. The molecule has 0 spiro atoms. The number of rotatable bonds is 3. The summed E-state index contributed by atoms with van der Waals surface area (Å²) in [4.78, 5) is 12.0. The van der Waals surface area contributed by atoms with E-state index in [-0.39, 0.29) is 18.7 Å². The van der Waals surface area contributed by atoms with E-state index in [2.05, 4.69) is 11.4 Å². The predicted molar refractivity (Wildman–Crippen MR) is 62.2 cm³/mol. The number of nitrogens with one attached hydrogen (secondary N) is 1. The average Bonchev–Trinajstić information content (AvgIpc) is 3.12. The highest BCUT2D eigenvalue weighted by molar-refractivity contribution is 5.95. The molecule has 1 heterocycles. The number of hydrogen-bond acceptors (Lipinski definition) is 4. The first-order chi connectivity index (χ1) is 8.78. The van der Waals surface area contributed by atoms with Crippen molar-refractivity contribution < 1.29 is 14.3 Å². The van der Waals surface area contributed by atoms with Crippen molar-refractivity contribution >= 4 is 5.91 Å². The highest BCUT2D eigenvalue weighted by atomic mass is 16.7. The normalized spacial score (nSPS) is 17.9. The Morgan fingerprint density at radius 1 is 1.39 bits per heavy atom. The molecule has 1 atom stereocenters. The Balaban J connectivity index is 1.74. The maximum absolute atomic E-state index is 12.0. The lowest BCUT2D eigenvalue weighted by Crippen LogP contribution is -2.35. The van der Waals surface area contributed by atoms with Crippen LogP contribution in [0.15, 0.2) is 18.2 Å². The number of ether oxygens (including phenoxy) is 2. The molecule has 1 saturated carbocycles. The quantitative estimate of drug-likeness (QED) is 0.873. The first-order valence-corrected chi connectivity index (χ1v) is 5.88. The van der Waals surface area contributed by atoms with Crippen molar-refractivity contribution in [2.24, 2.45) is 5.92 Å². The monoisotopic (exact) mass is 244 g/mol. The van der Waals surface area contributed by atoms with E-state index in [1.165, 1.54) is 0 Å². The third-order valence-corrected chi connectivity index (χ3v) is 3.15. The summed E-state index contributed by atoms with van der Waals surface area (Å²) in [5, 5.41) is 11.7. The summed E-state index contributed by atoms with van der Waals surface area (Å²) >= 11 is 0. The van der Waals surface area contributed by atoms with E-state index in [1.54, 1.807) is 18.2 Å². The van der Waals surface area contributed by atoms with E-state index in [9.17, 15) is 4.79 Å². The minimum absolute atomic E-state index is 0.184. The number of nitriles is 1. The number of amides is 1. The van der Waals surface area contributed by atoms with Gasteiger partial charge < -0.3 is 14.8 Å². The molecule has 1 fully saturated rings. The molecule has 1 aliphatic carbocycles. The van der Waals surface area contributed by atoms with Crippen LogP contribution in [0.25, 0.3) is 0 Å². The van der Waals surface area contributed by atoms with E-state index in [4.69, 9.17) is 14.7 Å². The first-order valence-electron chi connectivity index (χ1n) is 5.88. The second-order valence-corrected chi connectivity index (χ2v) is 4.49. The van der Waals surface area contributed by atoms with Crippen molar-refractivity contribution in [1.29, 1.82) is 5.26 Å². The Labute approximate surface area is 104 Å². The van der Waals surface area contributed by atoms with Crippen molar-refractivity contribution in [2.45, 2.75) is 18.9 Å². The highest BCUT2D eigenvalue weighted by Gasteiger charge is 2.32. The van der Waals surface area contributed by atoms with Gasteiger partial charge in [-0.2, -0.15) is 5.26 Å². The maximum Gasteiger partial charge on any atom is 0.252 e. The third-order valence-electron chi connectivity index (χ3n) is 3.15. The third kappa shape index (κ3) is 1.97. The van der Waals surface area contributed by atoms with Crippen molar-refractivity contribution in [3.05, 3.63) is 23.8 Å². The number of nitrogens with zero attached hydrogens (tertiary/aromatic N) is 1. The molecule has 1 aromatic rings. The van der Waals surface area contributed by atoms with E-state index < -0.39 is 0 Å². The van der Waals surface area contributed by atoms with E-state index in [0.29, 0.717) is 23.0 Å². The molecule has 0 aromatic heterocycles. The lowest BCUT2D eigenvalue weighted by atomic mass is 10.1. The van der Waals surface area contributed by atoms with Crippen molar-refractivity contribution in [2.75, 3.05) is 6.79 Å². The molecule has 1 aliphatic heterocycles. The summed E-state index contributed by atoms with van der Waals surface area (Å²) < 4.78 is 10.4. The lowest BCUT2D eigenvalue weighted by Gasteiger charge is -2.10. The lowest BCUT2D eigenvalue weighted by molar-refractivity contribution is 0.0941. The van der Waals surface area contributed by atoms with Crippen LogP contribution in [-0.2, 0) is 0 Å². The summed E-state index contributed by atoms with van der Waals surface area (Å²) in [6.45, 7) is 0.184. The number of benzene rings is 1.